The topological polar surface area (TPSA) is 92.4 Å². The maximum absolute atomic E-state index is 12.0. The number of hydrogen-bond donors (Lipinski definition) is 3. The lowest BCUT2D eigenvalue weighted by Gasteiger charge is -2.26. The van der Waals surface area contributed by atoms with Crippen molar-refractivity contribution < 1.29 is 27.9 Å². The molecule has 0 aromatic carbocycles. The molecule has 1 amide bonds. The van der Waals surface area contributed by atoms with Gasteiger partial charge in [0.25, 0.3) is 0 Å². The number of alkyl halides is 3. The van der Waals surface area contributed by atoms with Gasteiger partial charge in [0.2, 0.25) is 0 Å². The van der Waals surface area contributed by atoms with Crippen LogP contribution in [0.15, 0.2) is 0 Å². The summed E-state index contributed by atoms with van der Waals surface area (Å²) in [5.41, 5.74) is 3.26. The Morgan fingerprint density at radius 3 is 2.11 bits per heavy atom. The molecule has 0 unspecified atom stereocenters. The SMILES string of the molecule is C[C@@](CCCCN)(NC(=O)C(F)(F)F)C(=O)O.Cl. The number of nitrogens with one attached hydrogen (secondary N) is 1. The molecule has 5 nitrogen and oxygen atoms in total. The smallest absolute Gasteiger partial charge is 0.471 e. The fourth-order valence-electron chi connectivity index (χ4n) is 1.17. The molecule has 0 aromatic rings. The van der Waals surface area contributed by atoms with Gasteiger partial charge in [0.05, 0.1) is 0 Å². The fraction of sp³-hybridized carbons (Fsp3) is 0.778. The van der Waals surface area contributed by atoms with Crippen molar-refractivity contribution in [3.05, 3.63) is 0 Å². The van der Waals surface area contributed by atoms with Crippen LogP contribution in [-0.2, 0) is 9.59 Å². The van der Waals surface area contributed by atoms with Crippen LogP contribution in [0.3, 0.4) is 0 Å². The van der Waals surface area contributed by atoms with Gasteiger partial charge in [-0.2, -0.15) is 13.2 Å². The van der Waals surface area contributed by atoms with E-state index in [9.17, 15) is 22.8 Å². The zero-order valence-corrected chi connectivity index (χ0v) is 10.5. The minimum atomic E-state index is -5.09. The molecule has 0 radical (unpaired) electrons. The maximum atomic E-state index is 12.0. The van der Waals surface area contributed by atoms with Crippen molar-refractivity contribution in [2.24, 2.45) is 5.73 Å². The van der Waals surface area contributed by atoms with E-state index in [4.69, 9.17) is 10.8 Å². The first-order chi connectivity index (χ1) is 7.63. The van der Waals surface area contributed by atoms with Crippen molar-refractivity contribution in [1.82, 2.24) is 5.32 Å². The second-order valence-electron chi connectivity index (χ2n) is 3.83. The lowest BCUT2D eigenvalue weighted by Crippen LogP contribution is -2.55. The number of carboxylic acids is 1. The second-order valence-corrected chi connectivity index (χ2v) is 3.83. The molecule has 18 heavy (non-hydrogen) atoms. The first kappa shape index (κ1) is 19.3. The molecule has 9 heteroatoms. The van der Waals surface area contributed by atoms with E-state index in [0.717, 1.165) is 6.92 Å². The fourth-order valence-corrected chi connectivity index (χ4v) is 1.17. The van der Waals surface area contributed by atoms with Crippen molar-refractivity contribution in [1.29, 1.82) is 0 Å². The zero-order valence-electron chi connectivity index (χ0n) is 9.71. The summed E-state index contributed by atoms with van der Waals surface area (Å²) in [5, 5.41) is 10.3. The third-order valence-corrected chi connectivity index (χ3v) is 2.25. The Morgan fingerprint density at radius 1 is 1.28 bits per heavy atom. The van der Waals surface area contributed by atoms with E-state index in [1.54, 1.807) is 0 Å². The van der Waals surface area contributed by atoms with Crippen LogP contribution in [0.1, 0.15) is 26.2 Å². The van der Waals surface area contributed by atoms with Gasteiger partial charge in [-0.15, -0.1) is 12.4 Å². The average Bonchev–Trinajstić information content (AvgIpc) is 2.16. The number of rotatable bonds is 6. The van der Waals surface area contributed by atoms with Crippen LogP contribution in [0.2, 0.25) is 0 Å². The molecule has 0 spiro atoms. The van der Waals surface area contributed by atoms with Crippen molar-refractivity contribution in [2.45, 2.75) is 37.9 Å². The molecular formula is C9H16ClF3N2O3. The highest BCUT2D eigenvalue weighted by Gasteiger charge is 2.44. The van der Waals surface area contributed by atoms with Crippen molar-refractivity contribution in [3.63, 3.8) is 0 Å². The van der Waals surface area contributed by atoms with E-state index >= 15 is 0 Å². The van der Waals surface area contributed by atoms with Gasteiger partial charge in [-0.1, -0.05) is 0 Å². The molecule has 1 atom stereocenters. The largest absolute Gasteiger partial charge is 0.480 e. The van der Waals surface area contributed by atoms with E-state index in [1.165, 1.54) is 5.32 Å². The zero-order chi connectivity index (χ0) is 13.7. The van der Waals surface area contributed by atoms with E-state index in [2.05, 4.69) is 0 Å². The number of carbonyl (C=O) groups excluding carboxylic acids is 1. The van der Waals surface area contributed by atoms with Gasteiger partial charge in [-0.05, 0) is 32.7 Å². The average molecular weight is 293 g/mol. The van der Waals surface area contributed by atoms with Gasteiger partial charge in [-0.25, -0.2) is 4.79 Å². The van der Waals surface area contributed by atoms with Gasteiger partial charge in [-0.3, -0.25) is 4.79 Å². The number of halogens is 4. The van der Waals surface area contributed by atoms with Gasteiger partial charge in [0, 0.05) is 0 Å². The third-order valence-electron chi connectivity index (χ3n) is 2.25. The highest BCUT2D eigenvalue weighted by atomic mass is 35.5. The van der Waals surface area contributed by atoms with Crippen molar-refractivity contribution in [2.75, 3.05) is 6.54 Å². The van der Waals surface area contributed by atoms with Gasteiger partial charge >= 0.3 is 18.1 Å². The highest BCUT2D eigenvalue weighted by Crippen LogP contribution is 2.20. The third kappa shape index (κ3) is 6.06. The van der Waals surface area contributed by atoms with E-state index in [1.807, 2.05) is 0 Å². The monoisotopic (exact) mass is 292 g/mol. The molecule has 0 aromatic heterocycles. The summed E-state index contributed by atoms with van der Waals surface area (Å²) < 4.78 is 36.0. The highest BCUT2D eigenvalue weighted by molar-refractivity contribution is 5.89. The second kappa shape index (κ2) is 7.42. The van der Waals surface area contributed by atoms with Crippen LogP contribution >= 0.6 is 12.4 Å². The maximum Gasteiger partial charge on any atom is 0.471 e. The van der Waals surface area contributed by atoms with Crippen molar-refractivity contribution in [3.8, 4) is 0 Å². The molecular weight excluding hydrogens is 277 g/mol. The molecule has 0 heterocycles. The number of carboxylic acid groups (broad SMARTS) is 1. The van der Waals surface area contributed by atoms with Crippen LogP contribution in [-0.4, -0.2) is 35.2 Å². The molecule has 0 fully saturated rings. The number of hydrogen-bond acceptors (Lipinski definition) is 3. The Bertz CT molecular complexity index is 299. The van der Waals surface area contributed by atoms with E-state index in [0.29, 0.717) is 19.4 Å². The standard InChI is InChI=1S/C9H15F3N2O3.ClH/c1-8(7(16)17,4-2-3-5-13)14-6(15)9(10,11)12;/h2-5,13H2,1H3,(H,14,15)(H,16,17);1H/t8-;/m0./s1. The first-order valence-corrected chi connectivity index (χ1v) is 4.96. The predicted molar refractivity (Wildman–Crippen MR) is 60.4 cm³/mol. The molecule has 0 saturated carbocycles. The summed E-state index contributed by atoms with van der Waals surface area (Å²) in [6.07, 6.45) is -4.41. The molecule has 0 bridgehead atoms. The van der Waals surface area contributed by atoms with Crippen molar-refractivity contribution >= 4 is 24.3 Å². The first-order valence-electron chi connectivity index (χ1n) is 4.96. The van der Waals surface area contributed by atoms with Crippen LogP contribution in [0, 0.1) is 0 Å². The summed E-state index contributed by atoms with van der Waals surface area (Å²) in [5.74, 6) is -3.76. The minimum Gasteiger partial charge on any atom is -0.480 e. The van der Waals surface area contributed by atoms with E-state index in [-0.39, 0.29) is 18.8 Å². The molecule has 0 saturated heterocycles. The summed E-state index contributed by atoms with van der Waals surface area (Å²) in [6, 6.07) is 0. The number of aliphatic carboxylic acids is 1. The number of amides is 1. The Balaban J connectivity index is 0. The summed E-state index contributed by atoms with van der Waals surface area (Å²) in [4.78, 5) is 21.6. The molecule has 4 N–H and O–H groups in total. The Kier molecular flexibility index (Phi) is 7.97. The van der Waals surface area contributed by atoms with Gasteiger partial charge < -0.3 is 16.2 Å². The Morgan fingerprint density at radius 2 is 1.78 bits per heavy atom. The van der Waals surface area contributed by atoms with Gasteiger partial charge in [0.15, 0.2) is 0 Å². The normalized spacial score (nSPS) is 14.3. The molecule has 0 aliphatic carbocycles. The van der Waals surface area contributed by atoms with E-state index < -0.39 is 23.6 Å². The van der Waals surface area contributed by atoms with Crippen LogP contribution in [0.5, 0.6) is 0 Å². The molecule has 0 aliphatic heterocycles. The van der Waals surface area contributed by atoms with Gasteiger partial charge in [0.1, 0.15) is 5.54 Å². The Labute approximate surface area is 108 Å². The van der Waals surface area contributed by atoms with Crippen LogP contribution < -0.4 is 11.1 Å². The number of unbranched alkanes of at least 4 members (excludes halogenated alkanes) is 1. The Hall–Kier alpha value is -1.02. The summed E-state index contributed by atoms with van der Waals surface area (Å²) in [7, 11) is 0. The minimum absolute atomic E-state index is 0. The lowest BCUT2D eigenvalue weighted by atomic mass is 9.94. The lowest BCUT2D eigenvalue weighted by molar-refractivity contribution is -0.177. The summed E-state index contributed by atoms with van der Waals surface area (Å²) in [6.45, 7) is 1.35. The van der Waals surface area contributed by atoms with Crippen LogP contribution in [0.4, 0.5) is 13.2 Å². The predicted octanol–water partition coefficient (Wildman–Crippen LogP) is 1.06. The van der Waals surface area contributed by atoms with Crippen LogP contribution in [0.25, 0.3) is 0 Å². The number of nitrogens with two attached hydrogens (primary N) is 1. The molecule has 0 aliphatic rings. The number of carbonyl (C=O) groups is 2. The molecule has 0 rings (SSSR count). The summed E-state index contributed by atoms with van der Waals surface area (Å²) >= 11 is 0. The quantitative estimate of drug-likeness (QED) is 0.638. The molecule has 108 valence electrons.